The number of carboxylic acids is 1. The van der Waals surface area contributed by atoms with E-state index in [4.69, 9.17) is 19.9 Å². The van der Waals surface area contributed by atoms with Crippen molar-refractivity contribution in [1.82, 2.24) is 24.1 Å². The molecule has 0 radical (unpaired) electrons. The molecule has 47 heavy (non-hydrogen) atoms. The molecule has 17 nitrogen and oxygen atoms in total. The quantitative estimate of drug-likeness (QED) is 0.109. The van der Waals surface area contributed by atoms with Crippen LogP contribution in [0.2, 0.25) is 0 Å². The number of nitrogen functional groups attached to an aromatic ring is 1. The molecule has 5 aliphatic heterocycles. The molecule has 19 heteroatoms. The third kappa shape index (κ3) is 6.02. The zero-order valence-electron chi connectivity index (χ0n) is 24.9. The van der Waals surface area contributed by atoms with Crippen LogP contribution >= 0.6 is 23.3 Å². The Bertz CT molecular complexity index is 1720. The number of ketones is 1. The highest BCUT2D eigenvalue weighted by atomic mass is 32.2. The van der Waals surface area contributed by atoms with E-state index in [1.807, 2.05) is 0 Å². The highest BCUT2D eigenvalue weighted by Crippen LogP contribution is 2.46. The number of ether oxygens (including phenoxy) is 3. The van der Waals surface area contributed by atoms with Gasteiger partial charge in [0.25, 0.3) is 5.95 Å². The fraction of sp³-hybridized carbons (Fsp3) is 0.429. The molecule has 0 unspecified atom stereocenters. The zero-order chi connectivity index (χ0) is 33.6. The molecule has 5 aliphatic rings. The van der Waals surface area contributed by atoms with E-state index in [2.05, 4.69) is 21.1 Å². The van der Waals surface area contributed by atoms with Crippen LogP contribution in [0.4, 0.5) is 9.93 Å². The Morgan fingerprint density at radius 3 is 2.70 bits per heavy atom. The van der Waals surface area contributed by atoms with Crippen molar-refractivity contribution in [3.8, 4) is 0 Å². The van der Waals surface area contributed by atoms with E-state index in [0.29, 0.717) is 48.6 Å². The van der Waals surface area contributed by atoms with Gasteiger partial charge in [0, 0.05) is 48.9 Å². The Hall–Kier alpha value is -4.91. The van der Waals surface area contributed by atoms with Crippen molar-refractivity contribution in [3.63, 3.8) is 0 Å². The summed E-state index contributed by atoms with van der Waals surface area (Å²) in [6, 6.07) is -0.246. The fourth-order valence-corrected chi connectivity index (χ4v) is 7.85. The molecular weight excluding hydrogens is 658 g/mol. The van der Waals surface area contributed by atoms with Gasteiger partial charge in [-0.25, -0.2) is 9.59 Å². The van der Waals surface area contributed by atoms with E-state index in [0.717, 1.165) is 16.4 Å². The highest BCUT2D eigenvalue weighted by Gasteiger charge is 2.54. The number of hydrogen-bond donors (Lipinski definition) is 3. The van der Waals surface area contributed by atoms with Crippen LogP contribution in [0, 0.1) is 5.92 Å². The first-order valence-electron chi connectivity index (χ1n) is 14.4. The lowest BCUT2D eigenvalue weighted by Crippen LogP contribution is -2.62. The van der Waals surface area contributed by atoms with Crippen LogP contribution in [-0.2, 0) is 33.4 Å². The molecule has 6 heterocycles. The van der Waals surface area contributed by atoms with Gasteiger partial charge >= 0.3 is 12.1 Å². The largest absolute Gasteiger partial charge is 0.477 e. The van der Waals surface area contributed by atoms with Gasteiger partial charge in [-0.3, -0.25) is 19.3 Å². The number of aromatic nitrogens is 2. The number of rotatable bonds is 9. The summed E-state index contributed by atoms with van der Waals surface area (Å²) >= 11 is 2.08. The van der Waals surface area contributed by atoms with E-state index >= 15 is 0 Å². The van der Waals surface area contributed by atoms with Crippen LogP contribution in [0.5, 0.6) is 0 Å². The van der Waals surface area contributed by atoms with Gasteiger partial charge in [-0.05, 0) is 38.0 Å². The predicted molar refractivity (Wildman–Crippen MR) is 163 cm³/mol. The standard InChI is InChI=1S/C28H29N7O10S2/c1-12-19(45-13(2)44-12)10-43-28(41)33-5-4-16(9-33)34-6-3-14(23(34)37)7-15-11-46-25-17(24(38)35(25)21(15)26(39)40)8-18(36)20(31-42)22-30-27(29)47-32-22/h7,16-17,25,42H,2-6,8-11H2,1H3,(H,39,40)(H2,29,30,32)/b14-7+,31-20+/t16-,17-,25-/m1/s1. The lowest BCUT2D eigenvalue weighted by atomic mass is 9.89. The maximum absolute atomic E-state index is 13.4. The number of thioether (sulfide) groups is 1. The summed E-state index contributed by atoms with van der Waals surface area (Å²) in [5, 5.41) is 21.8. The second kappa shape index (κ2) is 12.7. The van der Waals surface area contributed by atoms with Gasteiger partial charge in [-0.2, -0.15) is 9.36 Å². The molecule has 0 spiro atoms. The molecule has 3 atom stereocenters. The highest BCUT2D eigenvalue weighted by molar-refractivity contribution is 8.00. The third-order valence-electron chi connectivity index (χ3n) is 8.33. The summed E-state index contributed by atoms with van der Waals surface area (Å²) in [4.78, 5) is 72.6. The Kier molecular flexibility index (Phi) is 8.66. The van der Waals surface area contributed by atoms with Crippen LogP contribution in [0.25, 0.3) is 0 Å². The summed E-state index contributed by atoms with van der Waals surface area (Å²) in [5.41, 5.74) is 5.57. The molecule has 4 N–H and O–H groups in total. The van der Waals surface area contributed by atoms with Gasteiger partial charge < -0.3 is 40.1 Å². The van der Waals surface area contributed by atoms with Crippen molar-refractivity contribution >= 4 is 63.8 Å². The van der Waals surface area contributed by atoms with E-state index in [-0.39, 0.29) is 59.9 Å². The van der Waals surface area contributed by atoms with Crippen LogP contribution in [-0.4, -0.2) is 113 Å². The summed E-state index contributed by atoms with van der Waals surface area (Å²) in [5.74, 6) is -2.78. The van der Waals surface area contributed by atoms with Gasteiger partial charge in [0.15, 0.2) is 29.0 Å². The van der Waals surface area contributed by atoms with Gasteiger partial charge in [-0.15, -0.1) is 11.8 Å². The van der Waals surface area contributed by atoms with Crippen molar-refractivity contribution in [3.05, 3.63) is 52.8 Å². The van der Waals surface area contributed by atoms with Crippen LogP contribution < -0.4 is 5.73 Å². The normalized spacial score (nSPS) is 25.3. The monoisotopic (exact) mass is 687 g/mol. The number of carbonyl (C=O) groups excluding carboxylic acids is 4. The number of nitrogens with two attached hydrogens (primary N) is 1. The number of β-lactam (4-membered cyclic amide) rings is 1. The lowest BCUT2D eigenvalue weighted by Gasteiger charge is -2.49. The van der Waals surface area contributed by atoms with E-state index in [9.17, 15) is 34.3 Å². The number of carboxylic acid groups (broad SMARTS) is 1. The summed E-state index contributed by atoms with van der Waals surface area (Å²) in [7, 11) is 0. The fourth-order valence-electron chi connectivity index (χ4n) is 6.04. The average Bonchev–Trinajstić information content (AvgIpc) is 3.83. The Balaban J connectivity index is 1.09. The second-order valence-electron chi connectivity index (χ2n) is 11.1. The third-order valence-corrected chi connectivity index (χ3v) is 10.2. The second-order valence-corrected chi connectivity index (χ2v) is 13.0. The van der Waals surface area contributed by atoms with E-state index in [1.165, 1.54) is 22.7 Å². The summed E-state index contributed by atoms with van der Waals surface area (Å²) in [6.07, 6.45) is 1.55. The lowest BCUT2D eigenvalue weighted by molar-refractivity contribution is -0.153. The summed E-state index contributed by atoms with van der Waals surface area (Å²) < 4.78 is 19.7. The smallest absolute Gasteiger partial charge is 0.410 e. The average molecular weight is 688 g/mol. The van der Waals surface area contributed by atoms with Gasteiger partial charge in [0.1, 0.15) is 11.5 Å². The molecule has 3 saturated heterocycles. The topological polar surface area (TPSA) is 227 Å². The molecule has 0 bridgehead atoms. The number of fused-ring (bicyclic) bond motifs is 1. The summed E-state index contributed by atoms with van der Waals surface area (Å²) in [6.45, 7) is 6.17. The van der Waals surface area contributed by atoms with E-state index < -0.39 is 40.8 Å². The van der Waals surface area contributed by atoms with Gasteiger partial charge in [0.05, 0.1) is 17.3 Å². The Morgan fingerprint density at radius 2 is 2.04 bits per heavy atom. The minimum absolute atomic E-state index is 0.0666. The number of Topliss-reactive ketones (excluding diaryl/α,β-unsaturated/α-hetero) is 1. The minimum Gasteiger partial charge on any atom is -0.477 e. The van der Waals surface area contributed by atoms with Crippen molar-refractivity contribution in [2.24, 2.45) is 11.1 Å². The molecule has 3 fully saturated rings. The van der Waals surface area contributed by atoms with Crippen LogP contribution in [0.1, 0.15) is 32.0 Å². The number of carbonyl (C=O) groups is 5. The van der Waals surface area contributed by atoms with Crippen molar-refractivity contribution in [1.29, 1.82) is 0 Å². The molecule has 0 saturated carbocycles. The molecule has 1 aromatic rings. The van der Waals surface area contributed by atoms with Crippen molar-refractivity contribution < 1.29 is 48.5 Å². The Labute approximate surface area is 275 Å². The van der Waals surface area contributed by atoms with Gasteiger partial charge in [-0.1, -0.05) is 5.16 Å². The van der Waals surface area contributed by atoms with Crippen LogP contribution in [0.15, 0.2) is 52.1 Å². The predicted octanol–water partition coefficient (Wildman–Crippen LogP) is 1.25. The number of nitrogens with zero attached hydrogens (tertiary/aromatic N) is 6. The molecule has 0 aromatic carbocycles. The number of anilines is 1. The first kappa shape index (κ1) is 32.0. The molecular formula is C28H29N7O10S2. The minimum atomic E-state index is -1.34. The number of aliphatic carboxylic acids is 1. The van der Waals surface area contributed by atoms with Crippen LogP contribution in [0.3, 0.4) is 0 Å². The first-order chi connectivity index (χ1) is 22.5. The first-order valence-corrected chi connectivity index (χ1v) is 16.2. The number of likely N-dealkylation sites (tertiary alicyclic amines) is 2. The number of hydrogen-bond acceptors (Lipinski definition) is 15. The number of amides is 3. The van der Waals surface area contributed by atoms with E-state index in [1.54, 1.807) is 11.8 Å². The molecule has 248 valence electrons. The SMILES string of the molecule is C=C1OC(C)=C(COC(=O)N2CC[C@@H](N3CC/C(=C\C4=C(C(=O)O)N5C(=O)[C@@H](CC(=O)/C(=N\O)c6nsc(N)n6)[C@H]5SC4)C3=O)C2)O1. The Morgan fingerprint density at radius 1 is 1.26 bits per heavy atom. The molecule has 1 aromatic heterocycles. The molecule has 0 aliphatic carbocycles. The maximum atomic E-state index is 13.4. The van der Waals surface area contributed by atoms with Crippen molar-refractivity contribution in [2.45, 2.75) is 37.6 Å². The maximum Gasteiger partial charge on any atom is 0.410 e. The number of oxime groups is 1. The van der Waals surface area contributed by atoms with Crippen molar-refractivity contribution in [2.75, 3.05) is 37.7 Å². The number of allylic oxidation sites excluding steroid dienone is 2. The molecule has 6 rings (SSSR count). The zero-order valence-corrected chi connectivity index (χ0v) is 26.5. The van der Waals surface area contributed by atoms with Gasteiger partial charge in [0.2, 0.25) is 17.6 Å². The molecule has 3 amide bonds.